The number of carbonyl (C=O) groups is 2. The standard InChI is InChI=1S/C35H37F3N4O10S2/c1-23(53-28-18-48-33(49-19-28)9-4-3-7-26-11-10-25(17-39)15-30(26)37)35(20-42-22-40-21-41-42,29-13-12-27(36)16-31(29)38)52-34(44)51-24(2)50-32(43)8-5-6-14-54(45,46)47/h3-4,7,9-13,15-16,21-24,28,33H,5-6,8,14,18-20H2,1-2H3,(H,45,46,47)/b7-3+,9-4+. The van der Waals surface area contributed by atoms with E-state index in [9.17, 15) is 26.8 Å². The minimum atomic E-state index is -4.19. The number of aromatic nitrogens is 3. The number of hydrogen-bond acceptors (Lipinski definition) is 13. The third-order valence-corrected chi connectivity index (χ3v) is 10.1. The van der Waals surface area contributed by atoms with Crippen LogP contribution in [0.1, 0.15) is 49.8 Å². The Morgan fingerprint density at radius 2 is 1.87 bits per heavy atom. The number of hydrogen-bond donors (Lipinski definition) is 1. The largest absolute Gasteiger partial charge is 0.512 e. The quantitative estimate of drug-likeness (QED) is 0.0576. The monoisotopic (exact) mass is 794 g/mol. The minimum Gasteiger partial charge on any atom is -0.425 e. The number of ether oxygens (including phenoxy) is 5. The molecule has 19 heteroatoms. The van der Waals surface area contributed by atoms with Crippen LogP contribution in [-0.2, 0) is 50.7 Å². The molecular formula is C35H37F3N4O10S2. The van der Waals surface area contributed by atoms with Gasteiger partial charge < -0.3 is 23.7 Å². The average molecular weight is 795 g/mol. The van der Waals surface area contributed by atoms with E-state index in [1.54, 1.807) is 25.2 Å². The average Bonchev–Trinajstić information content (AvgIpc) is 3.62. The molecule has 0 saturated carbocycles. The molecule has 0 bridgehead atoms. The number of allylic oxidation sites excluding steroid dienone is 2. The molecule has 54 heavy (non-hydrogen) atoms. The number of carbonyl (C=O) groups excluding carboxylic acids is 2. The molecule has 290 valence electrons. The third kappa shape index (κ3) is 12.7. The lowest BCUT2D eigenvalue weighted by Gasteiger charge is -2.40. The van der Waals surface area contributed by atoms with Gasteiger partial charge in [-0.25, -0.2) is 27.6 Å². The summed E-state index contributed by atoms with van der Waals surface area (Å²) in [5.41, 5.74) is -1.66. The van der Waals surface area contributed by atoms with E-state index in [4.69, 9.17) is 33.5 Å². The van der Waals surface area contributed by atoms with Gasteiger partial charge in [0.2, 0.25) is 6.29 Å². The van der Waals surface area contributed by atoms with Gasteiger partial charge in [-0.05, 0) is 50.1 Å². The number of nitriles is 1. The highest BCUT2D eigenvalue weighted by atomic mass is 32.2. The molecule has 3 aromatic rings. The fourth-order valence-corrected chi connectivity index (χ4v) is 7.19. The topological polar surface area (TPSA) is 189 Å². The maximum atomic E-state index is 15.6. The van der Waals surface area contributed by atoms with Gasteiger partial charge in [-0.15, -0.1) is 11.8 Å². The zero-order chi connectivity index (χ0) is 39.3. The highest BCUT2D eigenvalue weighted by Crippen LogP contribution is 2.42. The molecule has 0 spiro atoms. The van der Waals surface area contributed by atoms with Crippen LogP contribution >= 0.6 is 11.8 Å². The van der Waals surface area contributed by atoms with Crippen molar-refractivity contribution in [1.82, 2.24) is 14.8 Å². The van der Waals surface area contributed by atoms with Crippen LogP contribution in [-0.4, -0.2) is 81.9 Å². The summed E-state index contributed by atoms with van der Waals surface area (Å²) in [6, 6.07) is 8.76. The molecule has 1 aliphatic heterocycles. The first-order valence-corrected chi connectivity index (χ1v) is 19.0. The summed E-state index contributed by atoms with van der Waals surface area (Å²) in [6.07, 6.45) is 5.07. The number of rotatable bonds is 17. The lowest BCUT2D eigenvalue weighted by Crippen LogP contribution is -2.47. The summed E-state index contributed by atoms with van der Waals surface area (Å²) in [5.74, 6) is -3.82. The van der Waals surface area contributed by atoms with Crippen LogP contribution in [0.5, 0.6) is 0 Å². The fourth-order valence-electron chi connectivity index (χ4n) is 5.26. The Balaban J connectivity index is 1.45. The molecule has 0 radical (unpaired) electrons. The zero-order valence-corrected chi connectivity index (χ0v) is 30.7. The molecule has 2 aromatic carbocycles. The molecular weight excluding hydrogens is 758 g/mol. The van der Waals surface area contributed by atoms with Crippen LogP contribution in [0.3, 0.4) is 0 Å². The molecule has 1 N–H and O–H groups in total. The molecule has 1 fully saturated rings. The van der Waals surface area contributed by atoms with Gasteiger partial charge in [-0.1, -0.05) is 24.3 Å². The number of unbranched alkanes of at least 4 members (excludes halogenated alkanes) is 1. The van der Waals surface area contributed by atoms with Crippen LogP contribution in [0.4, 0.5) is 18.0 Å². The van der Waals surface area contributed by atoms with Crippen LogP contribution < -0.4 is 0 Å². The third-order valence-electron chi connectivity index (χ3n) is 7.84. The Hall–Kier alpha value is -4.74. The maximum Gasteiger partial charge on any atom is 0.512 e. The van der Waals surface area contributed by atoms with Gasteiger partial charge in [-0.3, -0.25) is 9.35 Å². The second-order valence-electron chi connectivity index (χ2n) is 11.9. The molecule has 2 heterocycles. The van der Waals surface area contributed by atoms with E-state index in [0.717, 1.165) is 18.2 Å². The van der Waals surface area contributed by atoms with Crippen LogP contribution in [0.25, 0.3) is 6.08 Å². The molecule has 1 saturated heterocycles. The predicted molar refractivity (Wildman–Crippen MR) is 187 cm³/mol. The van der Waals surface area contributed by atoms with Crippen molar-refractivity contribution in [2.45, 2.75) is 68.3 Å². The first kappa shape index (κ1) is 42.0. The summed E-state index contributed by atoms with van der Waals surface area (Å²) in [6.45, 7) is 2.85. The number of halogens is 3. The van der Waals surface area contributed by atoms with E-state index in [2.05, 4.69) is 10.1 Å². The van der Waals surface area contributed by atoms with Crippen LogP contribution in [0, 0.1) is 28.8 Å². The smallest absolute Gasteiger partial charge is 0.425 e. The second-order valence-corrected chi connectivity index (χ2v) is 15.1. The van der Waals surface area contributed by atoms with E-state index in [-0.39, 0.29) is 61.0 Å². The van der Waals surface area contributed by atoms with E-state index in [0.29, 0.717) is 6.07 Å². The van der Waals surface area contributed by atoms with Crippen molar-refractivity contribution in [2.24, 2.45) is 0 Å². The first-order valence-electron chi connectivity index (χ1n) is 16.4. The van der Waals surface area contributed by atoms with Gasteiger partial charge in [-0.2, -0.15) is 18.8 Å². The van der Waals surface area contributed by atoms with Crippen molar-refractivity contribution in [3.8, 4) is 6.07 Å². The van der Waals surface area contributed by atoms with Crippen molar-refractivity contribution >= 4 is 40.1 Å². The highest BCUT2D eigenvalue weighted by Gasteiger charge is 2.47. The van der Waals surface area contributed by atoms with Crippen molar-refractivity contribution < 1.29 is 59.4 Å². The molecule has 0 amide bonds. The summed E-state index contributed by atoms with van der Waals surface area (Å²) in [5, 5.41) is 11.8. The molecule has 1 aromatic heterocycles. The van der Waals surface area contributed by atoms with E-state index < -0.39 is 68.9 Å². The van der Waals surface area contributed by atoms with Crippen molar-refractivity contribution in [3.63, 3.8) is 0 Å². The Morgan fingerprint density at radius 1 is 1.11 bits per heavy atom. The second kappa shape index (κ2) is 19.5. The molecule has 3 atom stereocenters. The highest BCUT2D eigenvalue weighted by molar-refractivity contribution is 8.00. The van der Waals surface area contributed by atoms with Gasteiger partial charge in [0.05, 0.1) is 42.4 Å². The van der Waals surface area contributed by atoms with Crippen molar-refractivity contribution in [1.29, 1.82) is 5.26 Å². The van der Waals surface area contributed by atoms with Gasteiger partial charge in [0.1, 0.15) is 30.1 Å². The Kier molecular flexibility index (Phi) is 15.2. The van der Waals surface area contributed by atoms with E-state index in [1.807, 2.05) is 6.07 Å². The summed E-state index contributed by atoms with van der Waals surface area (Å²) < 4.78 is 104. The van der Waals surface area contributed by atoms with Gasteiger partial charge >= 0.3 is 12.1 Å². The molecule has 4 rings (SSSR count). The van der Waals surface area contributed by atoms with Gasteiger partial charge in [0.25, 0.3) is 10.1 Å². The lowest BCUT2D eigenvalue weighted by molar-refractivity contribution is -0.171. The molecule has 0 aliphatic carbocycles. The Labute approximate surface area is 313 Å². The van der Waals surface area contributed by atoms with Gasteiger partial charge in [0, 0.05) is 35.8 Å². The molecule has 3 unspecified atom stereocenters. The Bertz CT molecular complexity index is 1950. The van der Waals surface area contributed by atoms with Gasteiger partial charge in [0.15, 0.2) is 11.9 Å². The fraction of sp³-hybridized carbons (Fsp3) is 0.400. The van der Waals surface area contributed by atoms with Crippen molar-refractivity contribution in [3.05, 3.63) is 101 Å². The number of benzene rings is 2. The first-order chi connectivity index (χ1) is 25.7. The molecule has 1 aliphatic rings. The molecule has 14 nitrogen and oxygen atoms in total. The number of esters is 1. The van der Waals surface area contributed by atoms with Crippen LogP contribution in [0.15, 0.2) is 67.3 Å². The Morgan fingerprint density at radius 3 is 2.52 bits per heavy atom. The lowest BCUT2D eigenvalue weighted by atomic mass is 9.89. The summed E-state index contributed by atoms with van der Waals surface area (Å²) in [7, 11) is -4.19. The minimum absolute atomic E-state index is 0.0100. The summed E-state index contributed by atoms with van der Waals surface area (Å²) in [4.78, 5) is 29.5. The predicted octanol–water partition coefficient (Wildman–Crippen LogP) is 5.70. The van der Waals surface area contributed by atoms with Crippen LogP contribution in [0.2, 0.25) is 0 Å². The zero-order valence-electron chi connectivity index (χ0n) is 29.0. The van der Waals surface area contributed by atoms with E-state index in [1.165, 1.54) is 54.2 Å². The maximum absolute atomic E-state index is 15.6. The number of nitrogens with zero attached hydrogens (tertiary/aromatic N) is 4. The normalized spacial score (nSPS) is 18.5. The van der Waals surface area contributed by atoms with E-state index >= 15 is 4.39 Å². The summed E-state index contributed by atoms with van der Waals surface area (Å²) >= 11 is 1.22. The van der Waals surface area contributed by atoms with Crippen molar-refractivity contribution in [2.75, 3.05) is 19.0 Å². The SMILES string of the molecule is CC(OC(=O)CCCCS(=O)(=O)O)OC(=O)OC(Cn1cncn1)(c1ccc(F)cc1F)C(C)SC1COC(/C=C/C=C/c2ccc(C#N)cc2F)OC1. The number of thioether (sulfide) groups is 1.